The molecular weight excluding hydrogens is 228 g/mol. The van der Waals surface area contributed by atoms with E-state index in [2.05, 4.69) is 25.1 Å². The fraction of sp³-hybridized carbons (Fsp3) is 0. The van der Waals surface area contributed by atoms with Crippen molar-refractivity contribution in [3.05, 3.63) is 45.3 Å². The van der Waals surface area contributed by atoms with Crippen LogP contribution in [0.1, 0.15) is 0 Å². The van der Waals surface area contributed by atoms with Gasteiger partial charge in [-0.15, -0.1) is 0 Å². The molecule has 0 spiro atoms. The van der Waals surface area contributed by atoms with Crippen LogP contribution in [0.5, 0.6) is 0 Å². The molecule has 0 amide bonds. The van der Waals surface area contributed by atoms with Crippen LogP contribution in [0.2, 0.25) is 0 Å². The van der Waals surface area contributed by atoms with Crippen molar-refractivity contribution in [2.75, 3.05) is 0 Å². The van der Waals surface area contributed by atoms with Crippen LogP contribution in [0.3, 0.4) is 0 Å². The quantitative estimate of drug-likeness (QED) is 0.259. The molecule has 0 atom stereocenters. The second-order valence-electron chi connectivity index (χ2n) is 2.79. The molecule has 2 rings (SSSR count). The molecule has 2 aromatic rings. The largest absolute Gasteiger partial charge is 0.307 e. The maximum absolute atomic E-state index is 10.5. The van der Waals surface area contributed by atoms with Crippen LogP contribution in [-0.4, -0.2) is 24.7 Å². The lowest BCUT2D eigenvalue weighted by Crippen LogP contribution is -1.98. The number of hydrogen-bond donors (Lipinski definition) is 0. The molecule has 0 bridgehead atoms. The summed E-state index contributed by atoms with van der Waals surface area (Å²) in [5.74, 6) is 0.117. The van der Waals surface area contributed by atoms with Crippen LogP contribution in [-0.2, 0) is 0 Å². The van der Waals surface area contributed by atoms with Crippen molar-refractivity contribution in [1.29, 1.82) is 0 Å². The topological polar surface area (TPSA) is 136 Å². The van der Waals surface area contributed by atoms with Crippen LogP contribution in [0.15, 0.2) is 29.9 Å². The Morgan fingerprint density at radius 3 is 2.88 bits per heavy atom. The molecule has 2 heterocycles. The Labute approximate surface area is 93.3 Å². The first-order chi connectivity index (χ1) is 8.22. The van der Waals surface area contributed by atoms with Crippen molar-refractivity contribution in [3.8, 4) is 5.82 Å². The lowest BCUT2D eigenvalue weighted by Gasteiger charge is -2.00. The van der Waals surface area contributed by atoms with E-state index in [1.54, 1.807) is 0 Å². The maximum Gasteiger partial charge on any atom is 0.307 e. The minimum Gasteiger partial charge on any atom is -0.258 e. The highest BCUT2D eigenvalue weighted by Crippen LogP contribution is 2.19. The molecule has 10 nitrogen and oxygen atoms in total. The van der Waals surface area contributed by atoms with Gasteiger partial charge in [-0.25, -0.2) is 14.6 Å². The van der Waals surface area contributed by atoms with Crippen molar-refractivity contribution < 1.29 is 4.92 Å². The van der Waals surface area contributed by atoms with Crippen molar-refractivity contribution >= 4 is 11.5 Å². The molecule has 17 heavy (non-hydrogen) atoms. The van der Waals surface area contributed by atoms with E-state index in [-0.39, 0.29) is 17.3 Å². The summed E-state index contributed by atoms with van der Waals surface area (Å²) in [6.45, 7) is 0. The fourth-order valence-electron chi connectivity index (χ4n) is 1.12. The van der Waals surface area contributed by atoms with Gasteiger partial charge in [0.25, 0.3) is 0 Å². The lowest BCUT2D eigenvalue weighted by atomic mass is 10.5. The van der Waals surface area contributed by atoms with Crippen molar-refractivity contribution in [1.82, 2.24) is 19.7 Å². The molecule has 2 aromatic heterocycles. The van der Waals surface area contributed by atoms with E-state index in [0.29, 0.717) is 0 Å². The molecule has 0 saturated carbocycles. The van der Waals surface area contributed by atoms with E-state index < -0.39 is 4.92 Å². The summed E-state index contributed by atoms with van der Waals surface area (Å²) in [7, 11) is 0. The molecule has 0 N–H and O–H groups in total. The normalized spacial score (nSPS) is 9.65. The third kappa shape index (κ3) is 2.01. The average Bonchev–Trinajstić information content (AvgIpc) is 2.79. The lowest BCUT2D eigenvalue weighted by molar-refractivity contribution is -0.384. The van der Waals surface area contributed by atoms with E-state index in [1.165, 1.54) is 12.4 Å². The zero-order valence-electron chi connectivity index (χ0n) is 8.20. The Balaban J connectivity index is 2.52. The van der Waals surface area contributed by atoms with Crippen LogP contribution in [0, 0.1) is 10.1 Å². The monoisotopic (exact) mass is 232 g/mol. The Morgan fingerprint density at radius 1 is 1.47 bits per heavy atom. The maximum atomic E-state index is 10.5. The van der Waals surface area contributed by atoms with Gasteiger partial charge in [-0.1, -0.05) is 0 Å². The van der Waals surface area contributed by atoms with Gasteiger partial charge >= 0.3 is 5.69 Å². The number of aromatic nitrogens is 4. The number of nitro groups is 1. The summed E-state index contributed by atoms with van der Waals surface area (Å²) in [6.07, 6.45) is 4.92. The number of azide groups is 1. The molecule has 0 aromatic carbocycles. The third-order valence-corrected chi connectivity index (χ3v) is 1.80. The third-order valence-electron chi connectivity index (χ3n) is 1.80. The minimum atomic E-state index is -0.590. The molecule has 0 saturated heterocycles. The van der Waals surface area contributed by atoms with Gasteiger partial charge in [-0.3, -0.25) is 10.1 Å². The van der Waals surface area contributed by atoms with Crippen LogP contribution >= 0.6 is 0 Å². The SMILES string of the molecule is [N-]=[N+]=Nc1nccnc1-n1cc([N+](=O)[O-])cn1. The second kappa shape index (κ2) is 4.24. The van der Waals surface area contributed by atoms with Gasteiger partial charge < -0.3 is 0 Å². The average molecular weight is 232 g/mol. The van der Waals surface area contributed by atoms with Crippen LogP contribution in [0.25, 0.3) is 16.3 Å². The fourth-order valence-corrected chi connectivity index (χ4v) is 1.12. The standard InChI is InChI=1S/C7H4N8O2/c8-13-12-6-7(10-2-1-9-6)14-4-5(3-11-14)15(16)17/h1-4H. The zero-order valence-corrected chi connectivity index (χ0v) is 8.20. The van der Waals surface area contributed by atoms with Gasteiger partial charge in [0.15, 0.2) is 11.6 Å². The number of nitrogens with zero attached hydrogens (tertiary/aromatic N) is 8. The molecule has 0 aliphatic heterocycles. The highest BCUT2D eigenvalue weighted by Gasteiger charge is 2.13. The Hall–Kier alpha value is -3.00. The van der Waals surface area contributed by atoms with Gasteiger partial charge in [0.05, 0.1) is 4.92 Å². The molecular formula is C7H4N8O2. The van der Waals surface area contributed by atoms with Gasteiger partial charge in [0.2, 0.25) is 0 Å². The van der Waals surface area contributed by atoms with E-state index in [0.717, 1.165) is 17.1 Å². The van der Waals surface area contributed by atoms with E-state index in [9.17, 15) is 10.1 Å². The van der Waals surface area contributed by atoms with Crippen LogP contribution < -0.4 is 0 Å². The molecule has 84 valence electrons. The molecule has 0 aliphatic rings. The molecule has 0 aliphatic carbocycles. The minimum absolute atomic E-state index is 0.00648. The Bertz CT molecular complexity index is 614. The van der Waals surface area contributed by atoms with Gasteiger partial charge in [0, 0.05) is 17.3 Å². The summed E-state index contributed by atoms with van der Waals surface area (Å²) >= 11 is 0. The van der Waals surface area contributed by atoms with Gasteiger partial charge in [-0.05, 0) is 10.6 Å². The highest BCUT2D eigenvalue weighted by atomic mass is 16.6. The summed E-state index contributed by atoms with van der Waals surface area (Å²) < 4.78 is 1.12. The molecule has 0 unspecified atom stereocenters. The first-order valence-corrected chi connectivity index (χ1v) is 4.28. The zero-order chi connectivity index (χ0) is 12.3. The summed E-state index contributed by atoms with van der Waals surface area (Å²) in [5, 5.41) is 17.5. The van der Waals surface area contributed by atoms with Crippen LogP contribution in [0.4, 0.5) is 11.5 Å². The summed E-state index contributed by atoms with van der Waals surface area (Å²) in [4.78, 5) is 20.2. The molecule has 10 heteroatoms. The van der Waals surface area contributed by atoms with Gasteiger partial charge in [-0.2, -0.15) is 5.10 Å². The Kier molecular flexibility index (Phi) is 2.63. The highest BCUT2D eigenvalue weighted by molar-refractivity contribution is 5.45. The Morgan fingerprint density at radius 2 is 2.24 bits per heavy atom. The van der Waals surface area contributed by atoms with Crippen molar-refractivity contribution in [3.63, 3.8) is 0 Å². The van der Waals surface area contributed by atoms with E-state index in [4.69, 9.17) is 5.53 Å². The summed E-state index contributed by atoms with van der Waals surface area (Å²) in [6, 6.07) is 0. The first-order valence-electron chi connectivity index (χ1n) is 4.28. The molecule has 0 radical (unpaired) electrons. The summed E-state index contributed by atoms with van der Waals surface area (Å²) in [5.41, 5.74) is 8.15. The number of hydrogen-bond acceptors (Lipinski definition) is 6. The predicted molar refractivity (Wildman–Crippen MR) is 54.6 cm³/mol. The van der Waals surface area contributed by atoms with E-state index >= 15 is 0 Å². The second-order valence-corrected chi connectivity index (χ2v) is 2.79. The van der Waals surface area contributed by atoms with Crippen molar-refractivity contribution in [2.45, 2.75) is 0 Å². The predicted octanol–water partition coefficient (Wildman–Crippen LogP) is 1.51. The molecule has 0 fully saturated rings. The van der Waals surface area contributed by atoms with Crippen molar-refractivity contribution in [2.24, 2.45) is 5.11 Å². The smallest absolute Gasteiger partial charge is 0.258 e. The number of rotatable bonds is 3. The first kappa shape index (κ1) is 10.5. The van der Waals surface area contributed by atoms with E-state index in [1.807, 2.05) is 0 Å². The van der Waals surface area contributed by atoms with Gasteiger partial charge in [0.1, 0.15) is 12.4 Å².